The summed E-state index contributed by atoms with van der Waals surface area (Å²) in [7, 11) is 0. The summed E-state index contributed by atoms with van der Waals surface area (Å²) in [6, 6.07) is 58.1. The van der Waals surface area contributed by atoms with Gasteiger partial charge in [-0.25, -0.2) is 4.85 Å². The second-order valence-corrected chi connectivity index (χ2v) is 11.7. The molecule has 9 aromatic rings. The average Bonchev–Trinajstić information content (AvgIpc) is 3.64. The average molecular weight is 586 g/mol. The van der Waals surface area contributed by atoms with Crippen molar-refractivity contribution in [3.05, 3.63) is 175 Å². The number of rotatable bonds is 4. The van der Waals surface area contributed by atoms with Crippen LogP contribution in [0.1, 0.15) is 0 Å². The molecule has 0 amide bonds. The van der Waals surface area contributed by atoms with Gasteiger partial charge >= 0.3 is 0 Å². The fourth-order valence-electron chi connectivity index (χ4n) is 7.10. The van der Waals surface area contributed by atoms with Gasteiger partial charge in [0.15, 0.2) is 5.69 Å². The van der Waals surface area contributed by atoms with Crippen LogP contribution in [0.5, 0.6) is 0 Å². The molecule has 0 aliphatic rings. The van der Waals surface area contributed by atoms with Crippen LogP contribution in [0.3, 0.4) is 0 Å². The van der Waals surface area contributed by atoms with E-state index >= 15 is 0 Å². The van der Waals surface area contributed by atoms with Crippen LogP contribution in [0.2, 0.25) is 0 Å². The Morgan fingerprint density at radius 2 is 0.935 bits per heavy atom. The number of hydrogen-bond donors (Lipinski definition) is 0. The summed E-state index contributed by atoms with van der Waals surface area (Å²) < 4.78 is 4.75. The Bertz CT molecular complexity index is 2600. The summed E-state index contributed by atoms with van der Waals surface area (Å²) >= 11 is 0. The molecule has 0 radical (unpaired) electrons. The molecule has 0 bridgehead atoms. The molecule has 46 heavy (non-hydrogen) atoms. The van der Waals surface area contributed by atoms with Gasteiger partial charge in [-0.2, -0.15) is 0 Å². The number of para-hydroxylation sites is 4. The standard InChI is InChI=1S/C43H27N3/c1-44-32-23-24-43-38(28-32)37-18-8-10-20-40(37)45(43)33-26-30(29-13-3-2-4-14-29)25-31(27-33)34-15-5-9-19-39(34)46-41-21-11-6-16-35(41)36-17-7-12-22-42(36)46/h2-28H. The Labute approximate surface area is 266 Å². The molecule has 3 heteroatoms. The summed E-state index contributed by atoms with van der Waals surface area (Å²) in [6.07, 6.45) is 0. The summed E-state index contributed by atoms with van der Waals surface area (Å²) in [4.78, 5) is 3.73. The second kappa shape index (κ2) is 10.4. The van der Waals surface area contributed by atoms with Gasteiger partial charge in [0.05, 0.1) is 34.3 Å². The van der Waals surface area contributed by atoms with Crippen LogP contribution in [0.4, 0.5) is 5.69 Å². The molecule has 9 rings (SSSR count). The zero-order chi connectivity index (χ0) is 30.6. The van der Waals surface area contributed by atoms with Crippen molar-refractivity contribution in [1.29, 1.82) is 0 Å². The molecule has 0 spiro atoms. The lowest BCUT2D eigenvalue weighted by molar-refractivity contribution is 1.17. The van der Waals surface area contributed by atoms with Crippen LogP contribution in [0.25, 0.3) is 82.1 Å². The number of benzene rings is 7. The summed E-state index contributed by atoms with van der Waals surface area (Å²) in [5.41, 5.74) is 12.0. The maximum absolute atomic E-state index is 7.64. The van der Waals surface area contributed by atoms with E-state index in [1.54, 1.807) is 0 Å². The van der Waals surface area contributed by atoms with Gasteiger partial charge in [-0.05, 0) is 76.7 Å². The molecule has 0 saturated heterocycles. The molecule has 0 unspecified atom stereocenters. The zero-order valence-corrected chi connectivity index (χ0v) is 24.9. The van der Waals surface area contributed by atoms with Crippen LogP contribution in [0.15, 0.2) is 164 Å². The first-order chi connectivity index (χ1) is 22.8. The Morgan fingerprint density at radius 1 is 0.391 bits per heavy atom. The van der Waals surface area contributed by atoms with Gasteiger partial charge in [0.25, 0.3) is 0 Å². The highest BCUT2D eigenvalue weighted by molar-refractivity contribution is 6.11. The second-order valence-electron chi connectivity index (χ2n) is 11.7. The molecule has 2 heterocycles. The first-order valence-electron chi connectivity index (χ1n) is 15.5. The van der Waals surface area contributed by atoms with Crippen molar-refractivity contribution < 1.29 is 0 Å². The smallest absolute Gasteiger partial charge is 0.188 e. The molecule has 7 aromatic carbocycles. The number of aromatic nitrogens is 2. The largest absolute Gasteiger partial charge is 0.309 e. The van der Waals surface area contributed by atoms with Crippen molar-refractivity contribution >= 4 is 49.3 Å². The van der Waals surface area contributed by atoms with Gasteiger partial charge in [-0.15, -0.1) is 0 Å². The van der Waals surface area contributed by atoms with E-state index in [0.29, 0.717) is 5.69 Å². The summed E-state index contributed by atoms with van der Waals surface area (Å²) in [6.45, 7) is 7.64. The highest BCUT2D eigenvalue weighted by Crippen LogP contribution is 2.40. The van der Waals surface area contributed by atoms with E-state index in [1.807, 2.05) is 12.1 Å². The van der Waals surface area contributed by atoms with Crippen LogP contribution >= 0.6 is 0 Å². The van der Waals surface area contributed by atoms with Gasteiger partial charge in [-0.1, -0.05) is 109 Å². The molecule has 3 nitrogen and oxygen atoms in total. The lowest BCUT2D eigenvalue weighted by Crippen LogP contribution is -1.99. The number of hydrogen-bond acceptors (Lipinski definition) is 0. The quantitative estimate of drug-likeness (QED) is 0.182. The lowest BCUT2D eigenvalue weighted by atomic mass is 9.96. The Morgan fingerprint density at radius 3 is 1.63 bits per heavy atom. The first-order valence-corrected chi connectivity index (χ1v) is 15.5. The molecule has 0 aliphatic heterocycles. The minimum Gasteiger partial charge on any atom is -0.309 e. The molecule has 0 saturated carbocycles. The maximum atomic E-state index is 7.64. The van der Waals surface area contributed by atoms with Gasteiger partial charge in [0, 0.05) is 27.4 Å². The highest BCUT2D eigenvalue weighted by atomic mass is 15.0. The van der Waals surface area contributed by atoms with Crippen LogP contribution < -0.4 is 0 Å². The predicted octanol–water partition coefficient (Wildman–Crippen LogP) is 11.8. The van der Waals surface area contributed by atoms with Crippen molar-refractivity contribution in [2.45, 2.75) is 0 Å². The lowest BCUT2D eigenvalue weighted by Gasteiger charge is -2.17. The minimum absolute atomic E-state index is 0.647. The van der Waals surface area contributed by atoms with Gasteiger partial charge in [0.1, 0.15) is 0 Å². The molecule has 0 fully saturated rings. The summed E-state index contributed by atoms with van der Waals surface area (Å²) in [5.74, 6) is 0. The fourth-order valence-corrected chi connectivity index (χ4v) is 7.10. The molecule has 214 valence electrons. The topological polar surface area (TPSA) is 14.2 Å². The number of fused-ring (bicyclic) bond motifs is 6. The Balaban J connectivity index is 1.36. The Kier molecular flexibility index (Phi) is 5.88. The van der Waals surface area contributed by atoms with Gasteiger partial charge < -0.3 is 9.13 Å². The Hall–Kier alpha value is -6.37. The number of nitrogens with zero attached hydrogens (tertiary/aromatic N) is 3. The van der Waals surface area contributed by atoms with Crippen LogP contribution in [0, 0.1) is 6.57 Å². The van der Waals surface area contributed by atoms with Gasteiger partial charge in [0.2, 0.25) is 0 Å². The zero-order valence-electron chi connectivity index (χ0n) is 24.9. The molecular weight excluding hydrogens is 558 g/mol. The van der Waals surface area contributed by atoms with Gasteiger partial charge in [-0.3, -0.25) is 0 Å². The molecular formula is C43H27N3. The highest BCUT2D eigenvalue weighted by Gasteiger charge is 2.18. The molecule has 0 N–H and O–H groups in total. The maximum Gasteiger partial charge on any atom is 0.188 e. The van der Waals surface area contributed by atoms with Crippen molar-refractivity contribution in [3.63, 3.8) is 0 Å². The SMILES string of the molecule is [C-]#[N+]c1ccc2c(c1)c1ccccc1n2-c1cc(-c2ccccc2)cc(-c2ccccc2-n2c3ccccc3c3ccccc32)c1. The van der Waals surface area contributed by atoms with Crippen molar-refractivity contribution in [1.82, 2.24) is 9.13 Å². The van der Waals surface area contributed by atoms with Crippen LogP contribution in [-0.2, 0) is 0 Å². The molecule has 0 atom stereocenters. The van der Waals surface area contributed by atoms with E-state index in [1.165, 1.54) is 21.8 Å². The first kappa shape index (κ1) is 26.1. The third-order valence-electron chi connectivity index (χ3n) is 9.10. The monoisotopic (exact) mass is 585 g/mol. The van der Waals surface area contributed by atoms with Crippen molar-refractivity contribution in [3.8, 4) is 33.6 Å². The van der Waals surface area contributed by atoms with Crippen LogP contribution in [-0.4, -0.2) is 9.13 Å². The van der Waals surface area contributed by atoms with E-state index in [9.17, 15) is 0 Å². The molecule has 0 aliphatic carbocycles. The van der Waals surface area contributed by atoms with E-state index < -0.39 is 0 Å². The van der Waals surface area contributed by atoms with E-state index in [0.717, 1.165) is 55.4 Å². The fraction of sp³-hybridized carbons (Fsp3) is 0. The van der Waals surface area contributed by atoms with E-state index in [-0.39, 0.29) is 0 Å². The minimum atomic E-state index is 0.647. The van der Waals surface area contributed by atoms with E-state index in [4.69, 9.17) is 6.57 Å². The molecule has 2 aromatic heterocycles. The third kappa shape index (κ3) is 3.98. The predicted molar refractivity (Wildman–Crippen MR) is 192 cm³/mol. The third-order valence-corrected chi connectivity index (χ3v) is 9.10. The summed E-state index contributed by atoms with van der Waals surface area (Å²) in [5, 5.41) is 4.72. The van der Waals surface area contributed by atoms with E-state index in [2.05, 4.69) is 166 Å². The normalized spacial score (nSPS) is 11.5. The van der Waals surface area contributed by atoms with Crippen molar-refractivity contribution in [2.24, 2.45) is 0 Å². The van der Waals surface area contributed by atoms with Crippen molar-refractivity contribution in [2.75, 3.05) is 0 Å².